The van der Waals surface area contributed by atoms with Gasteiger partial charge in [-0.3, -0.25) is 9.59 Å². The van der Waals surface area contributed by atoms with E-state index in [0.29, 0.717) is 26.1 Å². The van der Waals surface area contributed by atoms with Crippen LogP contribution < -0.4 is 0 Å². The molecule has 1 saturated heterocycles. The number of morpholine rings is 1. The number of hydrogen-bond donors (Lipinski definition) is 1. The summed E-state index contributed by atoms with van der Waals surface area (Å²) in [5.74, 6) is -0.770. The molecule has 0 aliphatic carbocycles. The molecule has 1 heterocycles. The first-order chi connectivity index (χ1) is 7.63. The smallest absolute Gasteiger partial charge is 0.306 e. The lowest BCUT2D eigenvalue weighted by molar-refractivity contribution is -0.147. The minimum absolute atomic E-state index is 0.0302. The molecule has 1 atom stereocenters. The molecule has 1 rings (SSSR count). The largest absolute Gasteiger partial charge is 0.481 e. The Balaban J connectivity index is 2.37. The number of carbonyl (C=O) groups is 2. The summed E-state index contributed by atoms with van der Waals surface area (Å²) < 4.78 is 5.30. The van der Waals surface area contributed by atoms with Gasteiger partial charge in [-0.25, -0.2) is 0 Å². The maximum Gasteiger partial charge on any atom is 0.306 e. The lowest BCUT2D eigenvalue weighted by Crippen LogP contribution is -2.46. The van der Waals surface area contributed by atoms with Crippen LogP contribution >= 0.6 is 0 Å². The van der Waals surface area contributed by atoms with Gasteiger partial charge in [0.2, 0.25) is 5.91 Å². The molecule has 92 valence electrons. The molecule has 0 bridgehead atoms. The molecule has 1 aliphatic heterocycles. The molecule has 0 aromatic heterocycles. The van der Waals surface area contributed by atoms with E-state index in [4.69, 9.17) is 9.84 Å². The lowest BCUT2D eigenvalue weighted by atomic mass is 10.1. The normalized spacial score (nSPS) is 20.8. The van der Waals surface area contributed by atoms with E-state index in [-0.39, 0.29) is 18.4 Å². The van der Waals surface area contributed by atoms with Crippen molar-refractivity contribution in [2.45, 2.75) is 38.7 Å². The molecule has 1 fully saturated rings. The predicted molar refractivity (Wildman–Crippen MR) is 58.1 cm³/mol. The number of carboxylic acid groups (broad SMARTS) is 1. The molecule has 1 amide bonds. The van der Waals surface area contributed by atoms with Gasteiger partial charge in [0.15, 0.2) is 0 Å². The van der Waals surface area contributed by atoms with Crippen LogP contribution in [-0.2, 0) is 14.3 Å². The van der Waals surface area contributed by atoms with E-state index >= 15 is 0 Å². The third-order valence-electron chi connectivity index (χ3n) is 2.64. The number of aliphatic carboxylic acids is 1. The van der Waals surface area contributed by atoms with Crippen molar-refractivity contribution in [2.24, 2.45) is 0 Å². The lowest BCUT2D eigenvalue weighted by Gasteiger charge is -2.32. The Morgan fingerprint density at radius 1 is 1.50 bits per heavy atom. The molecule has 1 unspecified atom stereocenters. The van der Waals surface area contributed by atoms with Gasteiger partial charge in [0.25, 0.3) is 0 Å². The van der Waals surface area contributed by atoms with E-state index in [0.717, 1.165) is 12.8 Å². The molecule has 0 saturated carbocycles. The van der Waals surface area contributed by atoms with Gasteiger partial charge in [-0.1, -0.05) is 13.3 Å². The van der Waals surface area contributed by atoms with E-state index in [1.165, 1.54) is 0 Å². The van der Waals surface area contributed by atoms with E-state index < -0.39 is 5.97 Å². The molecule has 5 nitrogen and oxygen atoms in total. The van der Waals surface area contributed by atoms with Crippen molar-refractivity contribution in [1.82, 2.24) is 4.90 Å². The maximum atomic E-state index is 11.7. The number of hydrogen-bond acceptors (Lipinski definition) is 3. The van der Waals surface area contributed by atoms with Crippen LogP contribution in [0.1, 0.15) is 32.6 Å². The van der Waals surface area contributed by atoms with Gasteiger partial charge >= 0.3 is 5.97 Å². The number of nitrogens with zero attached hydrogens (tertiary/aromatic N) is 1. The molecule has 1 N–H and O–H groups in total. The fraction of sp³-hybridized carbons (Fsp3) is 0.818. The summed E-state index contributed by atoms with van der Waals surface area (Å²) in [6.45, 7) is 3.48. The average Bonchev–Trinajstić information content (AvgIpc) is 2.25. The summed E-state index contributed by atoms with van der Waals surface area (Å²) in [5.41, 5.74) is 0. The molecule has 0 aromatic carbocycles. The highest BCUT2D eigenvalue weighted by Crippen LogP contribution is 2.11. The molecule has 1 aliphatic rings. The highest BCUT2D eigenvalue weighted by Gasteiger charge is 2.25. The zero-order valence-electron chi connectivity index (χ0n) is 9.65. The predicted octanol–water partition coefficient (Wildman–Crippen LogP) is 0.879. The van der Waals surface area contributed by atoms with Gasteiger partial charge < -0.3 is 14.7 Å². The molecule has 5 heteroatoms. The zero-order valence-corrected chi connectivity index (χ0v) is 9.65. The van der Waals surface area contributed by atoms with Gasteiger partial charge in [-0.2, -0.15) is 0 Å². The van der Waals surface area contributed by atoms with Crippen molar-refractivity contribution in [1.29, 1.82) is 0 Å². The number of carbonyl (C=O) groups excluding carboxylic acids is 1. The van der Waals surface area contributed by atoms with Crippen LogP contribution in [0.5, 0.6) is 0 Å². The number of unbranched alkanes of at least 4 members (excludes halogenated alkanes) is 1. The Morgan fingerprint density at radius 3 is 2.88 bits per heavy atom. The fourth-order valence-corrected chi connectivity index (χ4v) is 1.75. The van der Waals surface area contributed by atoms with Crippen molar-refractivity contribution in [3.05, 3.63) is 0 Å². The maximum absolute atomic E-state index is 11.7. The minimum atomic E-state index is -0.882. The second kappa shape index (κ2) is 6.48. The van der Waals surface area contributed by atoms with Crippen LogP contribution in [0.15, 0.2) is 0 Å². The van der Waals surface area contributed by atoms with Gasteiger partial charge in [-0.05, 0) is 6.42 Å². The number of carboxylic acids is 1. The summed E-state index contributed by atoms with van der Waals surface area (Å²) in [7, 11) is 0. The van der Waals surface area contributed by atoms with Crippen LogP contribution in [0.25, 0.3) is 0 Å². The van der Waals surface area contributed by atoms with Crippen LogP contribution in [-0.4, -0.2) is 47.7 Å². The quantitative estimate of drug-likeness (QED) is 0.760. The molecular weight excluding hydrogens is 210 g/mol. The van der Waals surface area contributed by atoms with Gasteiger partial charge in [0, 0.05) is 19.5 Å². The van der Waals surface area contributed by atoms with E-state index in [9.17, 15) is 9.59 Å². The van der Waals surface area contributed by atoms with Gasteiger partial charge in [-0.15, -0.1) is 0 Å². The second-order valence-electron chi connectivity index (χ2n) is 4.03. The first-order valence-corrected chi connectivity index (χ1v) is 5.74. The second-order valence-corrected chi connectivity index (χ2v) is 4.03. The van der Waals surface area contributed by atoms with Gasteiger partial charge in [0.05, 0.1) is 19.1 Å². The summed E-state index contributed by atoms with van der Waals surface area (Å²) in [4.78, 5) is 24.0. The number of amides is 1. The van der Waals surface area contributed by atoms with Gasteiger partial charge in [0.1, 0.15) is 0 Å². The average molecular weight is 229 g/mol. The SMILES string of the molecule is CCCCC(=O)N1CCOC(CC(=O)O)C1. The molecule has 0 radical (unpaired) electrons. The summed E-state index contributed by atoms with van der Waals surface area (Å²) in [6, 6.07) is 0. The zero-order chi connectivity index (χ0) is 12.0. The topological polar surface area (TPSA) is 66.8 Å². The number of rotatable bonds is 5. The van der Waals surface area contributed by atoms with Crippen molar-refractivity contribution < 1.29 is 19.4 Å². The first kappa shape index (κ1) is 13.0. The first-order valence-electron chi connectivity index (χ1n) is 5.74. The van der Waals surface area contributed by atoms with Crippen LogP contribution in [0.2, 0.25) is 0 Å². The molecular formula is C11H19NO4. The molecule has 0 aromatic rings. The van der Waals surface area contributed by atoms with E-state index in [1.807, 2.05) is 6.92 Å². The van der Waals surface area contributed by atoms with E-state index in [1.54, 1.807) is 4.90 Å². The van der Waals surface area contributed by atoms with Crippen molar-refractivity contribution >= 4 is 11.9 Å². The van der Waals surface area contributed by atoms with Crippen molar-refractivity contribution in [3.63, 3.8) is 0 Å². The van der Waals surface area contributed by atoms with Crippen molar-refractivity contribution in [3.8, 4) is 0 Å². The number of ether oxygens (including phenoxy) is 1. The Kier molecular flexibility index (Phi) is 5.25. The van der Waals surface area contributed by atoms with Crippen LogP contribution in [0.4, 0.5) is 0 Å². The third-order valence-corrected chi connectivity index (χ3v) is 2.64. The fourth-order valence-electron chi connectivity index (χ4n) is 1.75. The van der Waals surface area contributed by atoms with E-state index in [2.05, 4.69) is 0 Å². The highest BCUT2D eigenvalue weighted by molar-refractivity contribution is 5.76. The van der Waals surface area contributed by atoms with Crippen molar-refractivity contribution in [2.75, 3.05) is 19.7 Å². The summed E-state index contributed by atoms with van der Waals surface area (Å²) >= 11 is 0. The molecule has 0 spiro atoms. The van der Waals surface area contributed by atoms with Crippen LogP contribution in [0.3, 0.4) is 0 Å². The monoisotopic (exact) mass is 229 g/mol. The summed E-state index contributed by atoms with van der Waals surface area (Å²) in [6.07, 6.45) is 2.05. The Labute approximate surface area is 95.4 Å². The summed E-state index contributed by atoms with van der Waals surface area (Å²) in [5, 5.41) is 8.65. The highest BCUT2D eigenvalue weighted by atomic mass is 16.5. The van der Waals surface area contributed by atoms with Crippen LogP contribution in [0, 0.1) is 0 Å². The Hall–Kier alpha value is -1.10. The Morgan fingerprint density at radius 2 is 2.25 bits per heavy atom. The third kappa shape index (κ3) is 4.18. The Bertz CT molecular complexity index is 254. The minimum Gasteiger partial charge on any atom is -0.481 e. The molecule has 16 heavy (non-hydrogen) atoms. The standard InChI is InChI=1S/C11H19NO4/c1-2-3-4-10(13)12-5-6-16-9(8-12)7-11(14)15/h9H,2-8H2,1H3,(H,14,15).